The van der Waals surface area contributed by atoms with Crippen molar-refractivity contribution in [2.45, 2.75) is 18.3 Å². The fourth-order valence-corrected chi connectivity index (χ4v) is 4.07. The van der Waals surface area contributed by atoms with Crippen LogP contribution in [0, 0.1) is 5.92 Å². The monoisotopic (exact) mass is 388 g/mol. The van der Waals surface area contributed by atoms with Gasteiger partial charge in [-0.1, -0.05) is 31.2 Å². The molecule has 0 heterocycles. The maximum atomic E-state index is 12.8. The standard InChI is InChI=1S/C17H19F3N2O3S/c1-2-26(24,25)15-6-4-3-5-11(15)10-22-16(23)13-9-12(17(18,19)20)7-8-14(13)21/h3-9,11,15H,2,10,21H2,1H3,(H,22,23). The molecule has 0 spiro atoms. The number of hydrogen-bond donors (Lipinski definition) is 2. The number of carbonyl (C=O) groups is 1. The van der Waals surface area contributed by atoms with Crippen LogP contribution in [0.4, 0.5) is 18.9 Å². The Morgan fingerprint density at radius 3 is 2.50 bits per heavy atom. The van der Waals surface area contributed by atoms with Crippen LogP contribution in [-0.4, -0.2) is 31.9 Å². The van der Waals surface area contributed by atoms with Crippen molar-refractivity contribution < 1.29 is 26.4 Å². The number of nitrogens with one attached hydrogen (secondary N) is 1. The SMILES string of the molecule is CCS(=O)(=O)C1C=CC=CC1CNC(=O)c1cc(C(F)(F)F)ccc1N. The smallest absolute Gasteiger partial charge is 0.398 e. The molecule has 0 radical (unpaired) electrons. The molecule has 0 saturated heterocycles. The molecule has 1 amide bonds. The molecule has 2 unspecified atom stereocenters. The Kier molecular flexibility index (Phi) is 5.80. The number of nitrogen functional groups attached to an aromatic ring is 1. The molecule has 3 N–H and O–H groups in total. The summed E-state index contributed by atoms with van der Waals surface area (Å²) in [6.07, 6.45) is 1.86. The van der Waals surface area contributed by atoms with Gasteiger partial charge in [0.2, 0.25) is 0 Å². The zero-order chi connectivity index (χ0) is 19.5. The molecule has 5 nitrogen and oxygen atoms in total. The largest absolute Gasteiger partial charge is 0.416 e. The Morgan fingerprint density at radius 2 is 1.88 bits per heavy atom. The summed E-state index contributed by atoms with van der Waals surface area (Å²) in [6, 6.07) is 2.50. The van der Waals surface area contributed by atoms with Crippen molar-refractivity contribution >= 4 is 21.4 Å². The first-order valence-electron chi connectivity index (χ1n) is 7.87. The second kappa shape index (κ2) is 7.53. The molecule has 0 fully saturated rings. The van der Waals surface area contributed by atoms with E-state index in [1.807, 2.05) is 0 Å². The van der Waals surface area contributed by atoms with E-state index in [2.05, 4.69) is 5.32 Å². The summed E-state index contributed by atoms with van der Waals surface area (Å²) in [4.78, 5) is 12.3. The van der Waals surface area contributed by atoms with Crippen LogP contribution in [0.15, 0.2) is 42.5 Å². The zero-order valence-corrected chi connectivity index (χ0v) is 14.8. The number of benzene rings is 1. The third kappa shape index (κ3) is 4.46. The van der Waals surface area contributed by atoms with Crippen LogP contribution in [0.5, 0.6) is 0 Å². The van der Waals surface area contributed by atoms with E-state index < -0.39 is 38.7 Å². The molecule has 0 saturated carbocycles. The Hall–Kier alpha value is -2.29. The van der Waals surface area contributed by atoms with Crippen molar-refractivity contribution in [1.82, 2.24) is 5.32 Å². The predicted octanol–water partition coefficient (Wildman–Crippen LogP) is 2.56. The second-order valence-corrected chi connectivity index (χ2v) is 8.31. The maximum absolute atomic E-state index is 12.8. The number of allylic oxidation sites excluding steroid dienone is 2. The van der Waals surface area contributed by atoms with E-state index in [9.17, 15) is 26.4 Å². The van der Waals surface area contributed by atoms with Gasteiger partial charge in [0.25, 0.3) is 5.91 Å². The summed E-state index contributed by atoms with van der Waals surface area (Å²) in [6.45, 7) is 1.49. The van der Waals surface area contributed by atoms with Crippen molar-refractivity contribution in [3.05, 3.63) is 53.6 Å². The molecule has 1 aromatic rings. The Balaban J connectivity index is 2.16. The summed E-state index contributed by atoms with van der Waals surface area (Å²) in [5, 5.41) is 1.68. The van der Waals surface area contributed by atoms with Gasteiger partial charge >= 0.3 is 6.18 Å². The van der Waals surface area contributed by atoms with Crippen LogP contribution in [0.3, 0.4) is 0 Å². The summed E-state index contributed by atoms with van der Waals surface area (Å²) >= 11 is 0. The number of amides is 1. The van der Waals surface area contributed by atoms with E-state index in [4.69, 9.17) is 5.73 Å². The fourth-order valence-electron chi connectivity index (χ4n) is 2.63. The lowest BCUT2D eigenvalue weighted by atomic mass is 10.00. The van der Waals surface area contributed by atoms with Gasteiger partial charge in [-0.25, -0.2) is 8.42 Å². The van der Waals surface area contributed by atoms with Crippen LogP contribution in [-0.2, 0) is 16.0 Å². The van der Waals surface area contributed by atoms with Gasteiger partial charge in [-0.15, -0.1) is 0 Å². The number of alkyl halides is 3. The van der Waals surface area contributed by atoms with E-state index in [1.165, 1.54) is 13.0 Å². The first kappa shape index (κ1) is 20.0. The normalized spacial score (nSPS) is 20.2. The molecular formula is C17H19F3N2O3S. The van der Waals surface area contributed by atoms with Gasteiger partial charge in [-0.3, -0.25) is 4.79 Å². The maximum Gasteiger partial charge on any atom is 0.416 e. The first-order chi connectivity index (χ1) is 12.1. The molecule has 1 aliphatic rings. The Bertz CT molecular complexity index is 845. The van der Waals surface area contributed by atoms with Crippen LogP contribution in [0.2, 0.25) is 0 Å². The van der Waals surface area contributed by atoms with E-state index in [-0.39, 0.29) is 23.5 Å². The van der Waals surface area contributed by atoms with Crippen LogP contribution < -0.4 is 11.1 Å². The fraction of sp³-hybridized carbons (Fsp3) is 0.353. The molecule has 142 valence electrons. The van der Waals surface area contributed by atoms with Crippen molar-refractivity contribution in [1.29, 1.82) is 0 Å². The van der Waals surface area contributed by atoms with Gasteiger partial charge in [-0.05, 0) is 18.2 Å². The summed E-state index contributed by atoms with van der Waals surface area (Å²) in [5.41, 5.74) is 4.24. The van der Waals surface area contributed by atoms with Gasteiger partial charge in [0.15, 0.2) is 9.84 Å². The number of carbonyl (C=O) groups excluding carboxylic acids is 1. The quantitative estimate of drug-likeness (QED) is 0.759. The van der Waals surface area contributed by atoms with Gasteiger partial charge in [0.05, 0.1) is 16.4 Å². The lowest BCUT2D eigenvalue weighted by Crippen LogP contribution is -2.38. The summed E-state index contributed by atoms with van der Waals surface area (Å²) in [7, 11) is -3.38. The summed E-state index contributed by atoms with van der Waals surface area (Å²) in [5.74, 6) is -1.36. The van der Waals surface area contributed by atoms with Gasteiger partial charge in [-0.2, -0.15) is 13.2 Å². The predicted molar refractivity (Wildman–Crippen MR) is 93.2 cm³/mol. The van der Waals surface area contributed by atoms with Crippen molar-refractivity contribution in [3.63, 3.8) is 0 Å². The van der Waals surface area contributed by atoms with Gasteiger partial charge in [0.1, 0.15) is 0 Å². The average molecular weight is 388 g/mol. The first-order valence-corrected chi connectivity index (χ1v) is 9.59. The average Bonchev–Trinajstić information content (AvgIpc) is 2.59. The lowest BCUT2D eigenvalue weighted by molar-refractivity contribution is -0.137. The highest BCUT2D eigenvalue weighted by atomic mass is 32.2. The highest BCUT2D eigenvalue weighted by Crippen LogP contribution is 2.31. The zero-order valence-electron chi connectivity index (χ0n) is 14.0. The third-order valence-electron chi connectivity index (χ3n) is 4.13. The molecule has 9 heteroatoms. The van der Waals surface area contributed by atoms with E-state index in [1.54, 1.807) is 18.2 Å². The van der Waals surface area contributed by atoms with Crippen molar-refractivity contribution in [3.8, 4) is 0 Å². The number of rotatable bonds is 5. The van der Waals surface area contributed by atoms with Gasteiger partial charge < -0.3 is 11.1 Å². The van der Waals surface area contributed by atoms with Crippen LogP contribution >= 0.6 is 0 Å². The minimum Gasteiger partial charge on any atom is -0.398 e. The number of halogens is 3. The van der Waals surface area contributed by atoms with Crippen LogP contribution in [0.25, 0.3) is 0 Å². The van der Waals surface area contributed by atoms with E-state index in [0.717, 1.165) is 12.1 Å². The topological polar surface area (TPSA) is 89.3 Å². The highest BCUT2D eigenvalue weighted by Gasteiger charge is 2.32. The minimum absolute atomic E-state index is 0.0424. The lowest BCUT2D eigenvalue weighted by Gasteiger charge is -2.24. The second-order valence-electron chi connectivity index (χ2n) is 5.86. The highest BCUT2D eigenvalue weighted by molar-refractivity contribution is 7.92. The number of sulfone groups is 1. The number of hydrogen-bond acceptors (Lipinski definition) is 4. The molecule has 1 aliphatic carbocycles. The molecule has 26 heavy (non-hydrogen) atoms. The molecule has 0 bridgehead atoms. The van der Waals surface area contributed by atoms with Crippen LogP contribution in [0.1, 0.15) is 22.8 Å². The van der Waals surface area contributed by atoms with E-state index >= 15 is 0 Å². The Labute approximate surface area is 149 Å². The number of nitrogens with two attached hydrogens (primary N) is 1. The summed E-state index contributed by atoms with van der Waals surface area (Å²) < 4.78 is 62.7. The molecule has 1 aromatic carbocycles. The molecule has 0 aromatic heterocycles. The minimum atomic E-state index is -4.60. The molecular weight excluding hydrogens is 369 g/mol. The van der Waals surface area contributed by atoms with Crippen molar-refractivity contribution in [2.75, 3.05) is 18.0 Å². The van der Waals surface area contributed by atoms with Gasteiger partial charge in [0, 0.05) is 23.9 Å². The van der Waals surface area contributed by atoms with E-state index in [0.29, 0.717) is 6.07 Å². The third-order valence-corrected chi connectivity index (χ3v) is 6.27. The Morgan fingerprint density at radius 1 is 1.23 bits per heavy atom. The molecule has 2 rings (SSSR count). The number of anilines is 1. The van der Waals surface area contributed by atoms with Crippen molar-refractivity contribution in [2.24, 2.45) is 5.92 Å². The molecule has 2 atom stereocenters. The molecule has 0 aliphatic heterocycles.